The molecule has 0 saturated heterocycles. The summed E-state index contributed by atoms with van der Waals surface area (Å²) in [6.45, 7) is 2.27. The van der Waals surface area contributed by atoms with Crippen LogP contribution in [0, 0.1) is 5.92 Å². The van der Waals surface area contributed by atoms with Crippen molar-refractivity contribution < 1.29 is 4.79 Å². The van der Waals surface area contributed by atoms with Crippen LogP contribution in [0.3, 0.4) is 0 Å². The van der Waals surface area contributed by atoms with Gasteiger partial charge >= 0.3 is 0 Å². The second kappa shape index (κ2) is 7.51. The van der Waals surface area contributed by atoms with Gasteiger partial charge in [0.15, 0.2) is 0 Å². The summed E-state index contributed by atoms with van der Waals surface area (Å²) in [5, 5.41) is 7.08. The minimum atomic E-state index is -0.0925. The molecule has 1 aromatic carbocycles. The van der Waals surface area contributed by atoms with Crippen molar-refractivity contribution in [1.82, 2.24) is 10.4 Å². The van der Waals surface area contributed by atoms with Crippen LogP contribution in [-0.4, -0.2) is 16.6 Å². The number of hydrazone groups is 1. The zero-order valence-electron chi connectivity index (χ0n) is 13.3. The number of hydrogen-bond acceptors (Lipinski definition) is 4. The highest BCUT2D eigenvalue weighted by molar-refractivity contribution is 7.10. The Bertz CT molecular complexity index is 683. The van der Waals surface area contributed by atoms with E-state index in [0.29, 0.717) is 0 Å². The lowest BCUT2D eigenvalue weighted by atomic mass is 9.90. The minimum absolute atomic E-state index is 0.0925. The molecular weight excluding hydrogens is 306 g/mol. The first-order chi connectivity index (χ1) is 11.2. The number of carbonyl (C=O) groups is 1. The fourth-order valence-corrected chi connectivity index (χ4v) is 3.46. The highest BCUT2D eigenvalue weighted by Gasteiger charge is 2.14. The third-order valence-electron chi connectivity index (χ3n) is 4.12. The molecule has 2 aromatic rings. The number of nitrogens with one attached hydrogen (secondary N) is 1. The Morgan fingerprint density at radius 1 is 1.30 bits per heavy atom. The van der Waals surface area contributed by atoms with Gasteiger partial charge in [0.05, 0.1) is 12.1 Å². The summed E-state index contributed by atoms with van der Waals surface area (Å²) in [6.07, 6.45) is 4.61. The average molecular weight is 327 g/mol. The molecule has 1 aliphatic rings. The van der Waals surface area contributed by atoms with E-state index in [0.717, 1.165) is 40.7 Å². The fraction of sp³-hybridized carbons (Fsp3) is 0.389. The minimum Gasteiger partial charge on any atom is -0.273 e. The van der Waals surface area contributed by atoms with Gasteiger partial charge in [-0.3, -0.25) is 4.79 Å². The van der Waals surface area contributed by atoms with Gasteiger partial charge in [0, 0.05) is 16.7 Å². The number of benzene rings is 1. The lowest BCUT2D eigenvalue weighted by molar-refractivity contribution is -0.120. The first-order valence-electron chi connectivity index (χ1n) is 8.05. The maximum Gasteiger partial charge on any atom is 0.246 e. The Kier molecular flexibility index (Phi) is 5.18. The predicted octanol–water partition coefficient (Wildman–Crippen LogP) is 4.03. The van der Waals surface area contributed by atoms with Gasteiger partial charge in [-0.15, -0.1) is 11.3 Å². The zero-order valence-corrected chi connectivity index (χ0v) is 14.1. The largest absolute Gasteiger partial charge is 0.273 e. The molecule has 1 saturated carbocycles. The van der Waals surface area contributed by atoms with Crippen LogP contribution < -0.4 is 5.43 Å². The molecular formula is C18H21N3OS. The first-order valence-corrected chi connectivity index (χ1v) is 8.93. The Hall–Kier alpha value is -2.01. The Labute approximate surface area is 140 Å². The van der Waals surface area contributed by atoms with E-state index < -0.39 is 0 Å². The summed E-state index contributed by atoms with van der Waals surface area (Å²) in [7, 11) is 0. The summed E-state index contributed by atoms with van der Waals surface area (Å²) >= 11 is 1.51. The highest BCUT2D eigenvalue weighted by atomic mass is 32.1. The molecule has 120 valence electrons. The van der Waals surface area contributed by atoms with Crippen molar-refractivity contribution in [2.45, 2.75) is 39.0 Å². The van der Waals surface area contributed by atoms with Crippen molar-refractivity contribution in [2.75, 3.05) is 0 Å². The number of hydrogen-bond donors (Lipinski definition) is 1. The second-order valence-electron chi connectivity index (χ2n) is 6.06. The lowest BCUT2D eigenvalue weighted by Gasteiger charge is -2.18. The molecule has 5 heteroatoms. The highest BCUT2D eigenvalue weighted by Crippen LogP contribution is 2.22. The molecule has 1 aliphatic carbocycles. The third kappa shape index (κ3) is 4.48. The number of rotatable bonds is 4. The van der Waals surface area contributed by atoms with Crippen molar-refractivity contribution in [2.24, 2.45) is 11.0 Å². The monoisotopic (exact) mass is 327 g/mol. The SMILES string of the molecule is CC1CCC(=NNC(=O)Cc2nc(-c3ccccc3)cs2)CC1. The van der Waals surface area contributed by atoms with Crippen molar-refractivity contribution >= 4 is 23.0 Å². The van der Waals surface area contributed by atoms with Crippen molar-refractivity contribution in [3.8, 4) is 11.3 Å². The molecule has 0 atom stereocenters. The van der Waals surface area contributed by atoms with Gasteiger partial charge in [-0.2, -0.15) is 5.10 Å². The van der Waals surface area contributed by atoms with Gasteiger partial charge < -0.3 is 0 Å². The van der Waals surface area contributed by atoms with E-state index in [1.807, 2.05) is 35.7 Å². The molecule has 0 spiro atoms. The number of nitrogens with zero attached hydrogens (tertiary/aromatic N) is 2. The summed E-state index contributed by atoms with van der Waals surface area (Å²) in [5.41, 5.74) is 5.79. The Balaban J connectivity index is 1.54. The standard InChI is InChI=1S/C18H21N3OS/c1-13-7-9-15(10-8-13)20-21-17(22)11-18-19-16(12-23-18)14-5-3-2-4-6-14/h2-6,12-13H,7-11H2,1H3,(H,21,22). The Morgan fingerprint density at radius 2 is 2.04 bits per heavy atom. The van der Waals surface area contributed by atoms with E-state index in [2.05, 4.69) is 22.4 Å². The van der Waals surface area contributed by atoms with Crippen LogP contribution in [0.4, 0.5) is 0 Å². The van der Waals surface area contributed by atoms with E-state index in [9.17, 15) is 4.79 Å². The first kappa shape index (κ1) is 15.9. The maximum absolute atomic E-state index is 12.0. The molecule has 23 heavy (non-hydrogen) atoms. The van der Waals surface area contributed by atoms with Crippen molar-refractivity contribution in [1.29, 1.82) is 0 Å². The number of aromatic nitrogens is 1. The number of amides is 1. The van der Waals surface area contributed by atoms with Crippen LogP contribution in [0.15, 0.2) is 40.8 Å². The van der Waals surface area contributed by atoms with Crippen LogP contribution >= 0.6 is 11.3 Å². The van der Waals surface area contributed by atoms with Gasteiger partial charge in [0.25, 0.3) is 0 Å². The summed E-state index contributed by atoms with van der Waals surface area (Å²) in [6, 6.07) is 10.0. The Morgan fingerprint density at radius 3 is 2.78 bits per heavy atom. The molecule has 3 rings (SSSR count). The third-order valence-corrected chi connectivity index (χ3v) is 4.97. The number of carbonyl (C=O) groups excluding carboxylic acids is 1. The van der Waals surface area contributed by atoms with E-state index in [4.69, 9.17) is 0 Å². The van der Waals surface area contributed by atoms with Crippen molar-refractivity contribution in [3.05, 3.63) is 40.7 Å². The summed E-state index contributed by atoms with van der Waals surface area (Å²) in [4.78, 5) is 16.5. The molecule has 1 heterocycles. The zero-order chi connectivity index (χ0) is 16.1. The quantitative estimate of drug-likeness (QED) is 0.862. The smallest absolute Gasteiger partial charge is 0.246 e. The normalized spacial score (nSPS) is 17.8. The molecule has 0 unspecified atom stereocenters. The molecule has 4 nitrogen and oxygen atoms in total. The topological polar surface area (TPSA) is 54.4 Å². The van der Waals surface area contributed by atoms with Crippen molar-refractivity contribution in [3.63, 3.8) is 0 Å². The molecule has 0 bridgehead atoms. The van der Waals surface area contributed by atoms with Gasteiger partial charge in [-0.05, 0) is 31.6 Å². The van der Waals surface area contributed by atoms with Crippen LogP contribution in [-0.2, 0) is 11.2 Å². The van der Waals surface area contributed by atoms with Crippen LogP contribution in [0.1, 0.15) is 37.6 Å². The summed E-state index contributed by atoms with van der Waals surface area (Å²) in [5.74, 6) is 0.682. The average Bonchev–Trinajstić information content (AvgIpc) is 3.04. The van der Waals surface area contributed by atoms with Gasteiger partial charge in [-0.25, -0.2) is 10.4 Å². The fourth-order valence-electron chi connectivity index (χ4n) is 2.66. The lowest BCUT2D eigenvalue weighted by Crippen LogP contribution is -2.23. The molecule has 1 aromatic heterocycles. The van der Waals surface area contributed by atoms with Gasteiger partial charge in [-0.1, -0.05) is 37.3 Å². The molecule has 0 radical (unpaired) electrons. The van der Waals surface area contributed by atoms with Crippen LogP contribution in [0.2, 0.25) is 0 Å². The predicted molar refractivity (Wildman–Crippen MR) is 94.5 cm³/mol. The molecule has 1 amide bonds. The van der Waals surface area contributed by atoms with Gasteiger partial charge in [0.2, 0.25) is 5.91 Å². The maximum atomic E-state index is 12.0. The van der Waals surface area contributed by atoms with Crippen LogP contribution in [0.5, 0.6) is 0 Å². The van der Waals surface area contributed by atoms with E-state index >= 15 is 0 Å². The van der Waals surface area contributed by atoms with Crippen LogP contribution in [0.25, 0.3) is 11.3 Å². The number of thiazole rings is 1. The molecule has 1 fully saturated rings. The van der Waals surface area contributed by atoms with E-state index in [-0.39, 0.29) is 12.3 Å². The second-order valence-corrected chi connectivity index (χ2v) is 7.01. The van der Waals surface area contributed by atoms with E-state index in [1.54, 1.807) is 0 Å². The molecule has 1 N–H and O–H groups in total. The molecule has 0 aliphatic heterocycles. The summed E-state index contributed by atoms with van der Waals surface area (Å²) < 4.78 is 0. The van der Waals surface area contributed by atoms with Gasteiger partial charge in [0.1, 0.15) is 5.01 Å². The van der Waals surface area contributed by atoms with E-state index in [1.165, 1.54) is 24.2 Å².